The second kappa shape index (κ2) is 6.89. The Kier molecular flexibility index (Phi) is 5.13. The van der Waals surface area contributed by atoms with Gasteiger partial charge < -0.3 is 19.9 Å². The molecule has 1 aliphatic rings. The molecule has 2 rings (SSSR count). The molecule has 1 fully saturated rings. The Balaban J connectivity index is 2.29. The van der Waals surface area contributed by atoms with Crippen LogP contribution in [0.2, 0.25) is 0 Å². The normalized spacial score (nSPS) is 23.9. The monoisotopic (exact) mass is 321 g/mol. The highest BCUT2D eigenvalue weighted by atomic mass is 16.5. The zero-order chi connectivity index (χ0) is 17.0. The number of hydrogen-bond acceptors (Lipinski definition) is 4. The van der Waals surface area contributed by atoms with Crippen molar-refractivity contribution in [2.24, 2.45) is 5.92 Å². The first-order valence-electron chi connectivity index (χ1n) is 7.69. The summed E-state index contributed by atoms with van der Waals surface area (Å²) in [5.41, 5.74) is -0.433. The van der Waals surface area contributed by atoms with E-state index in [9.17, 15) is 14.7 Å². The molecule has 0 spiro atoms. The molecule has 1 aromatic carbocycles. The molecule has 0 aliphatic heterocycles. The molecule has 23 heavy (non-hydrogen) atoms. The second-order valence-electron chi connectivity index (χ2n) is 6.05. The summed E-state index contributed by atoms with van der Waals surface area (Å²) >= 11 is 0. The molecule has 1 aromatic rings. The van der Waals surface area contributed by atoms with Crippen LogP contribution in [0.1, 0.15) is 43.0 Å². The second-order valence-corrected chi connectivity index (χ2v) is 6.05. The average molecular weight is 321 g/mol. The van der Waals surface area contributed by atoms with Crippen LogP contribution in [0.4, 0.5) is 0 Å². The highest BCUT2D eigenvalue weighted by Crippen LogP contribution is 2.35. The molecule has 6 nitrogen and oxygen atoms in total. The molecule has 0 heterocycles. The Bertz CT molecular complexity index is 601. The molecule has 1 saturated carbocycles. The van der Waals surface area contributed by atoms with Gasteiger partial charge in [-0.15, -0.1) is 0 Å². The third-order valence-electron chi connectivity index (χ3n) is 4.55. The summed E-state index contributed by atoms with van der Waals surface area (Å²) in [7, 11) is 2.97. The summed E-state index contributed by atoms with van der Waals surface area (Å²) in [6.07, 6.45) is 2.98. The highest BCUT2D eigenvalue weighted by Gasteiger charge is 2.42. The lowest BCUT2D eigenvalue weighted by molar-refractivity contribution is -0.145. The Labute approximate surface area is 135 Å². The van der Waals surface area contributed by atoms with Gasteiger partial charge in [0.15, 0.2) is 11.5 Å². The van der Waals surface area contributed by atoms with Gasteiger partial charge in [0, 0.05) is 0 Å². The third-order valence-corrected chi connectivity index (χ3v) is 4.55. The first-order valence-corrected chi connectivity index (χ1v) is 7.69. The first-order chi connectivity index (χ1) is 10.9. The molecule has 2 unspecified atom stereocenters. The molecule has 126 valence electrons. The molecule has 0 aromatic heterocycles. The highest BCUT2D eigenvalue weighted by molar-refractivity contribution is 5.98. The number of ether oxygens (including phenoxy) is 2. The maximum atomic E-state index is 12.7. The van der Waals surface area contributed by atoms with Crippen molar-refractivity contribution >= 4 is 11.9 Å². The first kappa shape index (κ1) is 17.1. The number of benzene rings is 1. The molecule has 1 amide bonds. The van der Waals surface area contributed by atoms with Gasteiger partial charge in [0.25, 0.3) is 5.91 Å². The topological polar surface area (TPSA) is 84.9 Å². The van der Waals surface area contributed by atoms with Gasteiger partial charge in [0.1, 0.15) is 0 Å². The van der Waals surface area contributed by atoms with E-state index in [2.05, 4.69) is 5.32 Å². The SMILES string of the molecule is COc1cccc(C(=O)NC2(C)CCCCC2C(=O)O)c1OC. The van der Waals surface area contributed by atoms with E-state index in [-0.39, 0.29) is 5.91 Å². The molecule has 0 bridgehead atoms. The number of hydrogen-bond donors (Lipinski definition) is 2. The molecular weight excluding hydrogens is 298 g/mol. The van der Waals surface area contributed by atoms with Gasteiger partial charge in [-0.1, -0.05) is 18.9 Å². The van der Waals surface area contributed by atoms with Crippen LogP contribution in [0.15, 0.2) is 18.2 Å². The minimum atomic E-state index is -0.870. The average Bonchev–Trinajstić information content (AvgIpc) is 2.53. The van der Waals surface area contributed by atoms with E-state index in [4.69, 9.17) is 9.47 Å². The van der Waals surface area contributed by atoms with E-state index < -0.39 is 17.4 Å². The van der Waals surface area contributed by atoms with Crippen LogP contribution in [-0.2, 0) is 4.79 Å². The van der Waals surface area contributed by atoms with Gasteiger partial charge >= 0.3 is 5.97 Å². The number of carbonyl (C=O) groups excluding carboxylic acids is 1. The van der Waals surface area contributed by atoms with Crippen LogP contribution in [0.5, 0.6) is 11.5 Å². The number of rotatable bonds is 5. The number of carbonyl (C=O) groups is 2. The fourth-order valence-electron chi connectivity index (χ4n) is 3.27. The van der Waals surface area contributed by atoms with Crippen LogP contribution in [-0.4, -0.2) is 36.7 Å². The van der Waals surface area contributed by atoms with Gasteiger partial charge in [0.2, 0.25) is 0 Å². The van der Waals surface area contributed by atoms with E-state index >= 15 is 0 Å². The molecule has 0 radical (unpaired) electrons. The van der Waals surface area contributed by atoms with Gasteiger partial charge in [-0.05, 0) is 31.9 Å². The summed E-state index contributed by atoms with van der Waals surface area (Å²) in [6, 6.07) is 5.05. The van der Waals surface area contributed by atoms with E-state index in [1.807, 2.05) is 0 Å². The predicted molar refractivity (Wildman–Crippen MR) is 85.0 cm³/mol. The van der Waals surface area contributed by atoms with Crippen LogP contribution < -0.4 is 14.8 Å². The lowest BCUT2D eigenvalue weighted by Crippen LogP contribution is -2.55. The Morgan fingerprint density at radius 3 is 2.61 bits per heavy atom. The largest absolute Gasteiger partial charge is 0.493 e. The molecule has 2 N–H and O–H groups in total. The van der Waals surface area contributed by atoms with E-state index in [0.717, 1.165) is 12.8 Å². The van der Waals surface area contributed by atoms with Gasteiger partial charge in [-0.3, -0.25) is 9.59 Å². The number of methoxy groups -OCH3 is 2. The number of amides is 1. The van der Waals surface area contributed by atoms with Crippen LogP contribution >= 0.6 is 0 Å². The number of para-hydroxylation sites is 1. The maximum absolute atomic E-state index is 12.7. The molecular formula is C17H23NO5. The third kappa shape index (κ3) is 3.41. The van der Waals surface area contributed by atoms with Crippen LogP contribution in [0.3, 0.4) is 0 Å². The van der Waals surface area contributed by atoms with E-state index in [0.29, 0.717) is 29.9 Å². The Morgan fingerprint density at radius 1 is 1.26 bits per heavy atom. The zero-order valence-electron chi connectivity index (χ0n) is 13.7. The zero-order valence-corrected chi connectivity index (χ0v) is 13.7. The van der Waals surface area contributed by atoms with E-state index in [1.165, 1.54) is 14.2 Å². The Hall–Kier alpha value is -2.24. The summed E-state index contributed by atoms with van der Waals surface area (Å²) < 4.78 is 10.5. The summed E-state index contributed by atoms with van der Waals surface area (Å²) in [6.45, 7) is 1.80. The van der Waals surface area contributed by atoms with Crippen molar-refractivity contribution in [2.75, 3.05) is 14.2 Å². The van der Waals surface area contributed by atoms with Crippen LogP contribution in [0, 0.1) is 5.92 Å². The minimum absolute atomic E-state index is 0.336. The van der Waals surface area contributed by atoms with Crippen molar-refractivity contribution in [3.63, 3.8) is 0 Å². The number of carboxylic acids is 1. The van der Waals surface area contributed by atoms with Crippen molar-refractivity contribution < 1.29 is 24.2 Å². The predicted octanol–water partition coefficient (Wildman–Crippen LogP) is 2.47. The summed E-state index contributed by atoms with van der Waals surface area (Å²) in [5.74, 6) is -0.999. The van der Waals surface area contributed by atoms with Crippen molar-refractivity contribution in [2.45, 2.75) is 38.1 Å². The summed E-state index contributed by atoms with van der Waals surface area (Å²) in [4.78, 5) is 24.2. The number of carboxylic acid groups (broad SMARTS) is 1. The molecule has 1 aliphatic carbocycles. The van der Waals surface area contributed by atoms with Crippen molar-refractivity contribution in [1.82, 2.24) is 5.32 Å². The van der Waals surface area contributed by atoms with E-state index in [1.54, 1.807) is 25.1 Å². The smallest absolute Gasteiger partial charge is 0.308 e. The van der Waals surface area contributed by atoms with Crippen molar-refractivity contribution in [1.29, 1.82) is 0 Å². The summed E-state index contributed by atoms with van der Waals surface area (Å²) in [5, 5.41) is 12.4. The molecule has 6 heteroatoms. The maximum Gasteiger partial charge on any atom is 0.308 e. The van der Waals surface area contributed by atoms with Crippen molar-refractivity contribution in [3.8, 4) is 11.5 Å². The fraction of sp³-hybridized carbons (Fsp3) is 0.529. The lowest BCUT2D eigenvalue weighted by atomic mass is 9.73. The standard InChI is InChI=1S/C17H23NO5/c1-17(10-5-4-8-12(17)16(20)21)18-15(19)11-7-6-9-13(22-2)14(11)23-3/h6-7,9,12H,4-5,8,10H2,1-3H3,(H,18,19)(H,20,21). The number of aliphatic carboxylic acids is 1. The Morgan fingerprint density at radius 2 is 2.00 bits per heavy atom. The van der Waals surface area contributed by atoms with Crippen molar-refractivity contribution in [3.05, 3.63) is 23.8 Å². The van der Waals surface area contributed by atoms with Gasteiger partial charge in [-0.2, -0.15) is 0 Å². The quantitative estimate of drug-likeness (QED) is 0.870. The minimum Gasteiger partial charge on any atom is -0.493 e. The van der Waals surface area contributed by atoms with Gasteiger partial charge in [-0.25, -0.2) is 0 Å². The lowest BCUT2D eigenvalue weighted by Gasteiger charge is -2.39. The molecule has 2 atom stereocenters. The van der Waals surface area contributed by atoms with Crippen LogP contribution in [0.25, 0.3) is 0 Å². The fourth-order valence-corrected chi connectivity index (χ4v) is 3.27. The van der Waals surface area contributed by atoms with Gasteiger partial charge in [0.05, 0.1) is 31.2 Å². The molecule has 0 saturated heterocycles. The number of nitrogens with one attached hydrogen (secondary N) is 1.